The van der Waals surface area contributed by atoms with Gasteiger partial charge in [0.05, 0.1) is 36.3 Å². The Bertz CT molecular complexity index is 387. The summed E-state index contributed by atoms with van der Waals surface area (Å²) in [5.74, 6) is -1.98. The fraction of sp³-hybridized carbons (Fsp3) is 0.857. The topological polar surface area (TPSA) is 99.7 Å². The first-order valence-electron chi connectivity index (χ1n) is 7.20. The molecule has 2 N–H and O–H groups in total. The highest BCUT2D eigenvalue weighted by atomic mass is 16.6. The van der Waals surface area contributed by atoms with Gasteiger partial charge >= 0.3 is 11.9 Å². The van der Waals surface area contributed by atoms with Crippen molar-refractivity contribution in [1.82, 2.24) is 0 Å². The highest BCUT2D eigenvalue weighted by Gasteiger charge is 2.64. The fourth-order valence-electron chi connectivity index (χ4n) is 3.87. The van der Waals surface area contributed by atoms with E-state index in [1.807, 2.05) is 0 Å². The lowest BCUT2D eigenvalue weighted by Gasteiger charge is -2.48. The van der Waals surface area contributed by atoms with Gasteiger partial charge in [0, 0.05) is 0 Å². The van der Waals surface area contributed by atoms with Crippen LogP contribution in [0.25, 0.3) is 0 Å². The van der Waals surface area contributed by atoms with Gasteiger partial charge in [0.25, 0.3) is 0 Å². The molecule has 0 bridgehead atoms. The normalized spacial score (nSPS) is 43.0. The molecular formula is C14H20O6. The van der Waals surface area contributed by atoms with E-state index in [-0.39, 0.29) is 12.2 Å². The second kappa shape index (κ2) is 4.70. The molecule has 0 spiro atoms. The van der Waals surface area contributed by atoms with Gasteiger partial charge in [-0.1, -0.05) is 12.8 Å². The fourth-order valence-corrected chi connectivity index (χ4v) is 3.87. The number of ether oxygens (including phenoxy) is 2. The summed E-state index contributed by atoms with van der Waals surface area (Å²) in [7, 11) is 0. The molecule has 2 saturated heterocycles. The third-order valence-electron chi connectivity index (χ3n) is 5.15. The molecule has 1 aliphatic carbocycles. The summed E-state index contributed by atoms with van der Waals surface area (Å²) in [6.45, 7) is 1.09. The van der Waals surface area contributed by atoms with E-state index < -0.39 is 22.8 Å². The van der Waals surface area contributed by atoms with Crippen molar-refractivity contribution in [2.24, 2.45) is 10.8 Å². The third-order valence-corrected chi connectivity index (χ3v) is 5.15. The number of rotatable bonds is 6. The molecule has 2 heterocycles. The first-order chi connectivity index (χ1) is 9.50. The Balaban J connectivity index is 1.99. The van der Waals surface area contributed by atoms with Gasteiger partial charge in [0.1, 0.15) is 0 Å². The van der Waals surface area contributed by atoms with Crippen molar-refractivity contribution in [3.63, 3.8) is 0 Å². The standard InChI is InChI=1S/C14H20O6/c15-11(16)13(5-9-7-19-9)3-1-2-4-14(13,12(17)18)6-10-8-20-10/h9-10H,1-8H2,(H,15,16)(H,17,18). The maximum Gasteiger partial charge on any atom is 0.310 e. The molecule has 0 amide bonds. The Kier molecular flexibility index (Phi) is 3.25. The van der Waals surface area contributed by atoms with Crippen LogP contribution in [0.5, 0.6) is 0 Å². The van der Waals surface area contributed by atoms with Crippen molar-refractivity contribution in [3.05, 3.63) is 0 Å². The molecule has 3 rings (SSSR count). The summed E-state index contributed by atoms with van der Waals surface area (Å²) >= 11 is 0. The van der Waals surface area contributed by atoms with Crippen LogP contribution in [0.3, 0.4) is 0 Å². The maximum atomic E-state index is 12.0. The minimum absolute atomic E-state index is 0.0944. The quantitative estimate of drug-likeness (QED) is 0.713. The van der Waals surface area contributed by atoms with E-state index in [4.69, 9.17) is 9.47 Å². The Labute approximate surface area is 117 Å². The molecule has 4 unspecified atom stereocenters. The second-order valence-corrected chi connectivity index (χ2v) is 6.30. The molecule has 1 saturated carbocycles. The molecule has 0 aromatic carbocycles. The Morgan fingerprint density at radius 2 is 1.25 bits per heavy atom. The van der Waals surface area contributed by atoms with Crippen LogP contribution in [0, 0.1) is 10.8 Å². The number of carboxylic acids is 2. The zero-order chi connectivity index (χ0) is 14.4. The van der Waals surface area contributed by atoms with Gasteiger partial charge in [-0.15, -0.1) is 0 Å². The Hall–Kier alpha value is -1.14. The number of carbonyl (C=O) groups is 2. The lowest BCUT2D eigenvalue weighted by molar-refractivity contribution is -0.183. The molecule has 0 radical (unpaired) electrons. The molecule has 6 heteroatoms. The summed E-state index contributed by atoms with van der Waals surface area (Å²) in [6.07, 6.45) is 2.79. The van der Waals surface area contributed by atoms with Crippen molar-refractivity contribution in [1.29, 1.82) is 0 Å². The number of carboxylic acid groups (broad SMARTS) is 2. The van der Waals surface area contributed by atoms with E-state index in [2.05, 4.69) is 0 Å². The predicted molar refractivity (Wildman–Crippen MR) is 67.3 cm³/mol. The van der Waals surface area contributed by atoms with Crippen molar-refractivity contribution >= 4 is 11.9 Å². The summed E-state index contributed by atoms with van der Waals surface area (Å²) in [6, 6.07) is 0. The van der Waals surface area contributed by atoms with E-state index in [1.165, 1.54) is 0 Å². The largest absolute Gasteiger partial charge is 0.481 e. The number of epoxide rings is 2. The van der Waals surface area contributed by atoms with Crippen molar-refractivity contribution in [3.8, 4) is 0 Å². The van der Waals surface area contributed by atoms with Gasteiger partial charge in [-0.05, 0) is 25.7 Å². The SMILES string of the molecule is O=C(O)C1(CC2CO2)CCCCC1(CC1CO1)C(=O)O. The molecule has 3 aliphatic rings. The van der Waals surface area contributed by atoms with Gasteiger partial charge < -0.3 is 19.7 Å². The first-order valence-corrected chi connectivity index (χ1v) is 7.20. The average molecular weight is 284 g/mol. The molecular weight excluding hydrogens is 264 g/mol. The molecule has 4 atom stereocenters. The highest BCUT2D eigenvalue weighted by Crippen LogP contribution is 2.58. The summed E-state index contributed by atoms with van der Waals surface area (Å²) in [4.78, 5) is 24.0. The molecule has 6 nitrogen and oxygen atoms in total. The lowest BCUT2D eigenvalue weighted by atomic mass is 9.52. The van der Waals surface area contributed by atoms with Crippen LogP contribution in [0.2, 0.25) is 0 Å². The summed E-state index contributed by atoms with van der Waals surface area (Å²) in [5, 5.41) is 19.6. The zero-order valence-corrected chi connectivity index (χ0v) is 11.3. The van der Waals surface area contributed by atoms with Crippen molar-refractivity contribution < 1.29 is 29.3 Å². The molecule has 0 aromatic heterocycles. The van der Waals surface area contributed by atoms with Crippen LogP contribution in [0.15, 0.2) is 0 Å². The van der Waals surface area contributed by atoms with Gasteiger partial charge in [0.15, 0.2) is 0 Å². The monoisotopic (exact) mass is 284 g/mol. The minimum atomic E-state index is -1.22. The smallest absolute Gasteiger partial charge is 0.310 e. The third kappa shape index (κ3) is 2.11. The molecule has 112 valence electrons. The van der Waals surface area contributed by atoms with Crippen molar-refractivity contribution in [2.75, 3.05) is 13.2 Å². The molecule has 2 aliphatic heterocycles. The van der Waals surface area contributed by atoms with Crippen LogP contribution < -0.4 is 0 Å². The van der Waals surface area contributed by atoms with E-state index in [1.54, 1.807) is 0 Å². The highest BCUT2D eigenvalue weighted by molar-refractivity contribution is 5.87. The molecule has 3 fully saturated rings. The maximum absolute atomic E-state index is 12.0. The van der Waals surface area contributed by atoms with Crippen LogP contribution in [0.4, 0.5) is 0 Å². The predicted octanol–water partition coefficient (Wildman–Crippen LogP) is 1.28. The van der Waals surface area contributed by atoms with Crippen LogP contribution >= 0.6 is 0 Å². The number of aliphatic carboxylic acids is 2. The van der Waals surface area contributed by atoms with E-state index in [0.29, 0.717) is 38.9 Å². The van der Waals surface area contributed by atoms with Gasteiger partial charge in [-0.3, -0.25) is 9.59 Å². The van der Waals surface area contributed by atoms with Gasteiger partial charge in [-0.2, -0.15) is 0 Å². The Morgan fingerprint density at radius 1 is 0.900 bits per heavy atom. The van der Waals surface area contributed by atoms with Gasteiger partial charge in [0.2, 0.25) is 0 Å². The molecule has 20 heavy (non-hydrogen) atoms. The van der Waals surface area contributed by atoms with Crippen LogP contribution in [-0.2, 0) is 19.1 Å². The van der Waals surface area contributed by atoms with E-state index in [0.717, 1.165) is 12.8 Å². The number of hydrogen-bond donors (Lipinski definition) is 2. The van der Waals surface area contributed by atoms with E-state index in [9.17, 15) is 19.8 Å². The molecule has 0 aromatic rings. The van der Waals surface area contributed by atoms with Crippen LogP contribution in [-0.4, -0.2) is 47.6 Å². The Morgan fingerprint density at radius 3 is 1.50 bits per heavy atom. The first kappa shape index (κ1) is 13.8. The van der Waals surface area contributed by atoms with Crippen molar-refractivity contribution in [2.45, 2.75) is 50.7 Å². The average Bonchev–Trinajstić information content (AvgIpc) is 3.26. The lowest BCUT2D eigenvalue weighted by Crippen LogP contribution is -2.55. The minimum Gasteiger partial charge on any atom is -0.481 e. The zero-order valence-electron chi connectivity index (χ0n) is 11.3. The van der Waals surface area contributed by atoms with Gasteiger partial charge in [-0.25, -0.2) is 0 Å². The summed E-state index contributed by atoms with van der Waals surface area (Å²) < 4.78 is 10.4. The number of hydrogen-bond acceptors (Lipinski definition) is 4. The summed E-state index contributed by atoms with van der Waals surface area (Å²) in [5.41, 5.74) is -2.44. The van der Waals surface area contributed by atoms with E-state index >= 15 is 0 Å². The second-order valence-electron chi connectivity index (χ2n) is 6.30. The van der Waals surface area contributed by atoms with Crippen LogP contribution in [0.1, 0.15) is 38.5 Å².